The second-order valence-electron chi connectivity index (χ2n) is 6.39. The molecule has 0 heterocycles. The molecular weight excluding hydrogens is 330 g/mol. The molecule has 0 spiro atoms. The maximum Gasteiger partial charge on any atom is 0.279 e. The number of para-hydroxylation sites is 1. The van der Waals surface area contributed by atoms with E-state index in [2.05, 4.69) is 5.32 Å². The first-order valence-corrected chi connectivity index (χ1v) is 8.38. The number of nitrogens with zero attached hydrogens (tertiary/aromatic N) is 1. The number of nitrogens with one attached hydrogen (secondary N) is 2. The predicted molar refractivity (Wildman–Crippen MR) is 100 cm³/mol. The summed E-state index contributed by atoms with van der Waals surface area (Å²) in [7, 11) is 5.14. The van der Waals surface area contributed by atoms with Gasteiger partial charge in [-0.15, -0.1) is 0 Å². The summed E-state index contributed by atoms with van der Waals surface area (Å²) in [5.74, 6) is -0.442. The Labute approximate surface area is 153 Å². The van der Waals surface area contributed by atoms with Crippen molar-refractivity contribution >= 4 is 23.3 Å². The highest BCUT2D eigenvalue weighted by Crippen LogP contribution is 2.19. The zero-order valence-corrected chi connectivity index (χ0v) is 15.3. The summed E-state index contributed by atoms with van der Waals surface area (Å²) in [6, 6.07) is 15.9. The molecule has 0 fully saturated rings. The first-order chi connectivity index (χ1) is 12.4. The summed E-state index contributed by atoms with van der Waals surface area (Å²) >= 11 is 0. The first-order valence-electron chi connectivity index (χ1n) is 8.38. The highest BCUT2D eigenvalue weighted by Gasteiger charge is 2.18. The standard InChI is InChI=1S/C20H23N3O3/c1-22(2)19(25)14-23(3)13-18(24)21-17-12-8-7-11-16(17)20(26)15-9-5-4-6-10-15/h4-12H,13-14H2,1-3H3,(H,21,24)/p+1. The van der Waals surface area contributed by atoms with Crippen molar-refractivity contribution in [3.05, 3.63) is 65.7 Å². The molecule has 0 aromatic heterocycles. The van der Waals surface area contributed by atoms with E-state index in [0.29, 0.717) is 16.8 Å². The second-order valence-corrected chi connectivity index (χ2v) is 6.39. The molecule has 0 radical (unpaired) electrons. The van der Waals surface area contributed by atoms with Gasteiger partial charge in [-0.3, -0.25) is 14.4 Å². The van der Waals surface area contributed by atoms with Crippen LogP contribution in [0.3, 0.4) is 0 Å². The number of amides is 2. The van der Waals surface area contributed by atoms with Gasteiger partial charge in [0, 0.05) is 25.2 Å². The fourth-order valence-corrected chi connectivity index (χ4v) is 2.48. The highest BCUT2D eigenvalue weighted by molar-refractivity contribution is 6.13. The van der Waals surface area contributed by atoms with Crippen molar-refractivity contribution in [2.45, 2.75) is 0 Å². The number of carbonyl (C=O) groups is 3. The van der Waals surface area contributed by atoms with Gasteiger partial charge in [0.1, 0.15) is 0 Å². The van der Waals surface area contributed by atoms with E-state index in [0.717, 1.165) is 4.90 Å². The van der Waals surface area contributed by atoms with Crippen LogP contribution in [0.4, 0.5) is 5.69 Å². The maximum atomic E-state index is 12.7. The molecule has 6 nitrogen and oxygen atoms in total. The third-order valence-corrected chi connectivity index (χ3v) is 3.90. The molecule has 2 N–H and O–H groups in total. The molecule has 2 aromatic rings. The predicted octanol–water partition coefficient (Wildman–Crippen LogP) is 0.459. The lowest BCUT2D eigenvalue weighted by molar-refractivity contribution is -0.862. The number of hydrogen-bond donors (Lipinski definition) is 2. The smallest absolute Gasteiger partial charge is 0.279 e. The van der Waals surface area contributed by atoms with Crippen LogP contribution >= 0.6 is 0 Å². The number of quaternary nitrogens is 1. The van der Waals surface area contributed by atoms with Gasteiger partial charge >= 0.3 is 0 Å². The Morgan fingerprint density at radius 3 is 2.19 bits per heavy atom. The van der Waals surface area contributed by atoms with Gasteiger partial charge in [-0.25, -0.2) is 0 Å². The molecule has 0 bridgehead atoms. The molecule has 0 aliphatic heterocycles. The van der Waals surface area contributed by atoms with Gasteiger partial charge in [0.05, 0.1) is 12.7 Å². The van der Waals surface area contributed by atoms with Gasteiger partial charge < -0.3 is 15.1 Å². The van der Waals surface area contributed by atoms with Crippen molar-refractivity contribution in [2.75, 3.05) is 39.5 Å². The number of hydrogen-bond acceptors (Lipinski definition) is 3. The number of ketones is 1. The van der Waals surface area contributed by atoms with Crippen molar-refractivity contribution < 1.29 is 19.3 Å². The molecule has 1 unspecified atom stereocenters. The van der Waals surface area contributed by atoms with Crippen LogP contribution in [0.2, 0.25) is 0 Å². The lowest BCUT2D eigenvalue weighted by Crippen LogP contribution is -3.11. The molecule has 1 atom stereocenters. The van der Waals surface area contributed by atoms with Crippen LogP contribution in [0.5, 0.6) is 0 Å². The van der Waals surface area contributed by atoms with E-state index in [-0.39, 0.29) is 30.7 Å². The van der Waals surface area contributed by atoms with Crippen molar-refractivity contribution in [3.8, 4) is 0 Å². The highest BCUT2D eigenvalue weighted by atomic mass is 16.2. The summed E-state index contributed by atoms with van der Waals surface area (Å²) < 4.78 is 0. The van der Waals surface area contributed by atoms with E-state index in [9.17, 15) is 14.4 Å². The average molecular weight is 354 g/mol. The quantitative estimate of drug-likeness (QED) is 0.710. The maximum absolute atomic E-state index is 12.7. The number of anilines is 1. The summed E-state index contributed by atoms with van der Waals surface area (Å²) in [5.41, 5.74) is 1.47. The second kappa shape index (κ2) is 8.92. The Hall–Kier alpha value is -2.99. The number of benzene rings is 2. The molecule has 0 aliphatic rings. The van der Waals surface area contributed by atoms with Gasteiger partial charge in [0.15, 0.2) is 18.9 Å². The molecule has 0 saturated heterocycles. The third kappa shape index (κ3) is 5.26. The minimum atomic E-state index is -0.248. The van der Waals surface area contributed by atoms with Crippen LogP contribution in [0.1, 0.15) is 15.9 Å². The monoisotopic (exact) mass is 354 g/mol. The van der Waals surface area contributed by atoms with E-state index < -0.39 is 0 Å². The molecule has 0 saturated carbocycles. The summed E-state index contributed by atoms with van der Waals surface area (Å²) in [6.07, 6.45) is 0. The van der Waals surface area contributed by atoms with Crippen LogP contribution in [-0.4, -0.2) is 56.7 Å². The van der Waals surface area contributed by atoms with E-state index in [1.165, 1.54) is 4.90 Å². The van der Waals surface area contributed by atoms with Gasteiger partial charge in [0.2, 0.25) is 0 Å². The van der Waals surface area contributed by atoms with Crippen LogP contribution < -0.4 is 10.2 Å². The zero-order valence-electron chi connectivity index (χ0n) is 15.3. The van der Waals surface area contributed by atoms with Crippen LogP contribution in [0.15, 0.2) is 54.6 Å². The Morgan fingerprint density at radius 1 is 0.923 bits per heavy atom. The first kappa shape index (κ1) is 19.3. The van der Waals surface area contributed by atoms with E-state index in [1.54, 1.807) is 69.7 Å². The Kier molecular flexibility index (Phi) is 6.63. The van der Waals surface area contributed by atoms with Gasteiger partial charge in [-0.2, -0.15) is 0 Å². The minimum Gasteiger partial charge on any atom is -0.344 e. The summed E-state index contributed by atoms with van der Waals surface area (Å²) in [5, 5.41) is 2.79. The molecule has 6 heteroatoms. The summed E-state index contributed by atoms with van der Waals surface area (Å²) in [4.78, 5) is 39.0. The number of rotatable bonds is 7. The largest absolute Gasteiger partial charge is 0.344 e. The lowest BCUT2D eigenvalue weighted by atomic mass is 10.0. The molecule has 2 amide bonds. The third-order valence-electron chi connectivity index (χ3n) is 3.90. The molecule has 26 heavy (non-hydrogen) atoms. The normalized spacial score (nSPS) is 11.5. The minimum absolute atomic E-state index is 0.0463. The molecule has 2 aromatic carbocycles. The van der Waals surface area contributed by atoms with Crippen LogP contribution in [0.25, 0.3) is 0 Å². The van der Waals surface area contributed by atoms with Crippen molar-refractivity contribution in [2.24, 2.45) is 0 Å². The SMILES string of the molecule is CN(C)C(=O)C[NH+](C)CC(=O)Nc1ccccc1C(=O)c1ccccc1. The number of likely N-dealkylation sites (N-methyl/N-ethyl adjacent to an activating group) is 2. The van der Waals surface area contributed by atoms with Gasteiger partial charge in [0.25, 0.3) is 11.8 Å². The molecular formula is C20H24N3O3+. The van der Waals surface area contributed by atoms with E-state index in [4.69, 9.17) is 0 Å². The van der Waals surface area contributed by atoms with Crippen LogP contribution in [-0.2, 0) is 9.59 Å². The topological polar surface area (TPSA) is 70.9 Å². The molecule has 2 rings (SSSR count). The lowest BCUT2D eigenvalue weighted by Gasteiger charge is -2.16. The molecule has 136 valence electrons. The fraction of sp³-hybridized carbons (Fsp3) is 0.250. The van der Waals surface area contributed by atoms with Crippen LogP contribution in [0, 0.1) is 0 Å². The van der Waals surface area contributed by atoms with Crippen molar-refractivity contribution in [3.63, 3.8) is 0 Å². The average Bonchev–Trinajstić information content (AvgIpc) is 2.62. The zero-order chi connectivity index (χ0) is 19.1. The van der Waals surface area contributed by atoms with E-state index >= 15 is 0 Å². The van der Waals surface area contributed by atoms with Crippen molar-refractivity contribution in [1.82, 2.24) is 4.90 Å². The Balaban J connectivity index is 2.07. The van der Waals surface area contributed by atoms with Crippen molar-refractivity contribution in [1.29, 1.82) is 0 Å². The van der Waals surface area contributed by atoms with Gasteiger partial charge in [-0.1, -0.05) is 42.5 Å². The Bertz CT molecular complexity index is 788. The summed E-state index contributed by atoms with van der Waals surface area (Å²) in [6.45, 7) is 0.360. The number of carbonyl (C=O) groups excluding carboxylic acids is 3. The Morgan fingerprint density at radius 2 is 1.54 bits per heavy atom. The fourth-order valence-electron chi connectivity index (χ4n) is 2.48. The molecule has 0 aliphatic carbocycles. The van der Waals surface area contributed by atoms with Gasteiger partial charge in [-0.05, 0) is 12.1 Å². The van der Waals surface area contributed by atoms with E-state index in [1.807, 2.05) is 6.07 Å².